The van der Waals surface area contributed by atoms with E-state index in [-0.39, 0.29) is 0 Å². The first-order valence-electron chi connectivity index (χ1n) is 14.2. The van der Waals surface area contributed by atoms with Crippen molar-refractivity contribution >= 4 is 0 Å². The maximum Gasteiger partial charge on any atom is 0.0118 e. The van der Waals surface area contributed by atoms with E-state index < -0.39 is 0 Å². The minimum atomic E-state index is 0.405. The Labute approximate surface area is 200 Å². The van der Waals surface area contributed by atoms with Crippen LogP contribution in [0, 0.1) is 56.7 Å². The topological polar surface area (TPSA) is 12.0 Å². The zero-order valence-electron chi connectivity index (χ0n) is 22.7. The largest absolute Gasteiger partial charge is 0.316 e. The van der Waals surface area contributed by atoms with Gasteiger partial charge in [-0.15, -0.1) is 0 Å². The van der Waals surface area contributed by atoms with E-state index in [4.69, 9.17) is 0 Å². The van der Waals surface area contributed by atoms with Crippen molar-refractivity contribution in [3.8, 4) is 0 Å². The number of hydrogen-bond donors (Lipinski definition) is 1. The normalized spacial score (nSPS) is 56.5. The van der Waals surface area contributed by atoms with Gasteiger partial charge in [-0.25, -0.2) is 0 Å². The molecule has 0 saturated heterocycles. The molecule has 182 valence electrons. The molecule has 5 rings (SSSR count). The summed E-state index contributed by atoms with van der Waals surface area (Å²) in [6.07, 6.45) is 14.5. The molecule has 5 aliphatic rings. The van der Waals surface area contributed by atoms with E-state index in [2.05, 4.69) is 67.4 Å². The predicted molar refractivity (Wildman–Crippen MR) is 137 cm³/mol. The van der Waals surface area contributed by atoms with Crippen molar-refractivity contribution < 1.29 is 0 Å². The molecule has 0 heterocycles. The molecule has 0 aromatic rings. The number of nitrogens with one attached hydrogen (secondary N) is 1. The standard InChI is InChI=1S/C31H53N/c1-20(2)21-12-15-28(5)18-19-30(7)22(26(21)28)10-11-24-29(6)16-14-25(32-9)27(3,4)23(29)13-17-31(24,30)8/h21-26,32H,1,10-19H2,2-9H3/t21-,22?,23?,24?,25+,26?,28+,29-,30+,31+/m0/s1. The third kappa shape index (κ3) is 2.73. The first-order valence-corrected chi connectivity index (χ1v) is 14.2. The highest BCUT2D eigenvalue weighted by atomic mass is 14.9. The Hall–Kier alpha value is -0.300. The molecular weight excluding hydrogens is 386 g/mol. The molecule has 0 aromatic heterocycles. The molecule has 1 N–H and O–H groups in total. The van der Waals surface area contributed by atoms with Crippen molar-refractivity contribution in [2.45, 2.75) is 119 Å². The van der Waals surface area contributed by atoms with Crippen LogP contribution in [0.25, 0.3) is 0 Å². The van der Waals surface area contributed by atoms with E-state index in [1.54, 1.807) is 0 Å². The third-order valence-corrected chi connectivity index (χ3v) is 13.9. The maximum absolute atomic E-state index is 4.51. The van der Waals surface area contributed by atoms with Gasteiger partial charge in [-0.2, -0.15) is 0 Å². The van der Waals surface area contributed by atoms with Gasteiger partial charge in [-0.3, -0.25) is 0 Å². The van der Waals surface area contributed by atoms with E-state index in [9.17, 15) is 0 Å². The van der Waals surface area contributed by atoms with Crippen LogP contribution in [-0.4, -0.2) is 13.1 Å². The number of hydrogen-bond acceptors (Lipinski definition) is 1. The Bertz CT molecular complexity index is 781. The van der Waals surface area contributed by atoms with Crippen LogP contribution in [0.4, 0.5) is 0 Å². The van der Waals surface area contributed by atoms with Gasteiger partial charge in [0, 0.05) is 6.04 Å². The second-order valence-corrected chi connectivity index (χ2v) is 15.0. The summed E-state index contributed by atoms with van der Waals surface area (Å²) in [5.74, 6) is 4.35. The zero-order chi connectivity index (χ0) is 23.3. The van der Waals surface area contributed by atoms with E-state index in [1.807, 2.05) is 0 Å². The molecule has 0 amide bonds. The first kappa shape index (κ1) is 23.4. The van der Waals surface area contributed by atoms with E-state index in [0.29, 0.717) is 33.1 Å². The van der Waals surface area contributed by atoms with Crippen molar-refractivity contribution in [2.24, 2.45) is 56.7 Å². The molecule has 0 bridgehead atoms. The molecule has 5 aliphatic carbocycles. The molecule has 32 heavy (non-hydrogen) atoms. The minimum Gasteiger partial charge on any atom is -0.316 e. The van der Waals surface area contributed by atoms with E-state index in [0.717, 1.165) is 29.6 Å². The minimum absolute atomic E-state index is 0.405. The van der Waals surface area contributed by atoms with Gasteiger partial charge in [0.15, 0.2) is 0 Å². The molecule has 5 saturated carbocycles. The Morgan fingerprint density at radius 3 is 2.12 bits per heavy atom. The summed E-state index contributed by atoms with van der Waals surface area (Å²) in [6.45, 7) is 23.0. The monoisotopic (exact) mass is 439 g/mol. The summed E-state index contributed by atoms with van der Waals surface area (Å²) < 4.78 is 0. The van der Waals surface area contributed by atoms with Crippen molar-refractivity contribution in [1.82, 2.24) is 5.32 Å². The van der Waals surface area contributed by atoms with E-state index in [1.165, 1.54) is 69.8 Å². The van der Waals surface area contributed by atoms with Gasteiger partial charge in [-0.1, -0.05) is 53.7 Å². The van der Waals surface area contributed by atoms with Gasteiger partial charge >= 0.3 is 0 Å². The Morgan fingerprint density at radius 2 is 1.47 bits per heavy atom. The van der Waals surface area contributed by atoms with Crippen LogP contribution in [0.1, 0.15) is 113 Å². The van der Waals surface area contributed by atoms with Crippen LogP contribution in [0.2, 0.25) is 0 Å². The second-order valence-electron chi connectivity index (χ2n) is 15.0. The summed E-state index contributed by atoms with van der Waals surface area (Å²) in [5.41, 5.74) is 4.00. The molecule has 0 spiro atoms. The molecule has 5 fully saturated rings. The molecule has 0 radical (unpaired) electrons. The third-order valence-electron chi connectivity index (χ3n) is 13.9. The van der Waals surface area contributed by atoms with E-state index >= 15 is 0 Å². The van der Waals surface area contributed by atoms with Crippen molar-refractivity contribution in [2.75, 3.05) is 7.05 Å². The lowest BCUT2D eigenvalue weighted by Gasteiger charge is -2.73. The fraction of sp³-hybridized carbons (Fsp3) is 0.935. The summed E-state index contributed by atoms with van der Waals surface area (Å²) in [4.78, 5) is 0. The highest BCUT2D eigenvalue weighted by Gasteiger charge is 2.70. The maximum atomic E-state index is 4.51. The number of rotatable bonds is 2. The number of fused-ring (bicyclic) bond motifs is 7. The smallest absolute Gasteiger partial charge is 0.0118 e. The van der Waals surface area contributed by atoms with Crippen molar-refractivity contribution in [3.05, 3.63) is 12.2 Å². The SMILES string of the molecule is C=C(C)[C@@H]1CC[C@]2(C)CC[C@]3(C)C(CCC4[C@@]5(C)CC[C@@H](NC)C(C)(C)C5CC[C@]43C)C12. The van der Waals surface area contributed by atoms with Crippen LogP contribution in [0.3, 0.4) is 0 Å². The molecule has 0 aromatic carbocycles. The predicted octanol–water partition coefficient (Wildman–Crippen LogP) is 8.25. The van der Waals surface area contributed by atoms with Crippen LogP contribution in [0.15, 0.2) is 12.2 Å². The zero-order valence-corrected chi connectivity index (χ0v) is 22.7. The van der Waals surface area contributed by atoms with Gasteiger partial charge in [-0.05, 0) is 135 Å². The molecular formula is C31H53N. The molecule has 1 heteroatoms. The Morgan fingerprint density at radius 1 is 0.750 bits per heavy atom. The molecule has 1 nitrogen and oxygen atoms in total. The highest BCUT2D eigenvalue weighted by molar-refractivity contribution is 5.21. The van der Waals surface area contributed by atoms with Crippen LogP contribution in [-0.2, 0) is 0 Å². The van der Waals surface area contributed by atoms with Crippen molar-refractivity contribution in [1.29, 1.82) is 0 Å². The fourth-order valence-electron chi connectivity index (χ4n) is 12.0. The first-order chi connectivity index (χ1) is 14.8. The molecule has 10 atom stereocenters. The van der Waals surface area contributed by atoms with Gasteiger partial charge in [0.05, 0.1) is 0 Å². The van der Waals surface area contributed by atoms with Gasteiger partial charge in [0.2, 0.25) is 0 Å². The Balaban J connectivity index is 1.53. The number of allylic oxidation sites excluding steroid dienone is 1. The lowest BCUT2D eigenvalue weighted by molar-refractivity contribution is -0.237. The summed E-state index contributed by atoms with van der Waals surface area (Å²) in [7, 11) is 2.20. The Kier molecular flexibility index (Phi) is 5.21. The summed E-state index contributed by atoms with van der Waals surface area (Å²) >= 11 is 0. The summed E-state index contributed by atoms with van der Waals surface area (Å²) in [5, 5.41) is 3.72. The fourth-order valence-corrected chi connectivity index (χ4v) is 12.0. The van der Waals surface area contributed by atoms with Crippen molar-refractivity contribution in [3.63, 3.8) is 0 Å². The van der Waals surface area contributed by atoms with Crippen LogP contribution < -0.4 is 5.32 Å². The quantitative estimate of drug-likeness (QED) is 0.427. The van der Waals surface area contributed by atoms with Gasteiger partial charge in [0.25, 0.3) is 0 Å². The lowest BCUT2D eigenvalue weighted by atomic mass is 9.32. The van der Waals surface area contributed by atoms with Gasteiger partial charge < -0.3 is 5.32 Å². The highest BCUT2D eigenvalue weighted by Crippen LogP contribution is 2.77. The van der Waals surface area contributed by atoms with Crippen LogP contribution in [0.5, 0.6) is 0 Å². The van der Waals surface area contributed by atoms with Crippen LogP contribution >= 0.6 is 0 Å². The average molecular weight is 440 g/mol. The second kappa shape index (κ2) is 7.11. The molecule has 4 unspecified atom stereocenters. The summed E-state index contributed by atoms with van der Waals surface area (Å²) in [6, 6.07) is 0.682. The van der Waals surface area contributed by atoms with Gasteiger partial charge in [0.1, 0.15) is 0 Å². The lowest BCUT2D eigenvalue weighted by Crippen LogP contribution is -2.67. The molecule has 0 aliphatic heterocycles. The average Bonchev–Trinajstić information content (AvgIpc) is 3.06.